The summed E-state index contributed by atoms with van der Waals surface area (Å²) in [5, 5.41) is 4.89. The summed E-state index contributed by atoms with van der Waals surface area (Å²) in [4.78, 5) is 6.84. The lowest BCUT2D eigenvalue weighted by Gasteiger charge is -2.41. The quantitative estimate of drug-likeness (QED) is 0.566. The normalized spacial score (nSPS) is 18.4. The number of nitrogens with one attached hydrogen (secondary N) is 1. The Labute approximate surface area is 150 Å². The van der Waals surface area contributed by atoms with Crippen LogP contribution in [0.25, 0.3) is 0 Å². The minimum atomic E-state index is 0.782. The fraction of sp³-hybridized carbons (Fsp3) is 1.00. The second-order valence-corrected chi connectivity index (χ2v) is 8.12. The molecule has 0 spiro atoms. The highest BCUT2D eigenvalue weighted by Crippen LogP contribution is 2.15. The zero-order chi connectivity index (χ0) is 17.9. The third kappa shape index (κ3) is 10.6. The van der Waals surface area contributed by atoms with Gasteiger partial charge in [-0.1, -0.05) is 0 Å². The van der Waals surface area contributed by atoms with Crippen LogP contribution in [0.15, 0.2) is 0 Å². The van der Waals surface area contributed by atoms with E-state index in [2.05, 4.69) is 72.5 Å². The lowest BCUT2D eigenvalue weighted by molar-refractivity contribution is -0.0478. The smallest absolute Gasteiger partial charge is 0.0185 e. The SMILES string of the molecule is CN(C)CCCC1CN(CCCN(C)C)NN(CCCN(C)C)C1. The number of rotatable bonds is 12. The molecule has 1 rings (SSSR count). The topological polar surface area (TPSA) is 28.2 Å². The average molecular weight is 343 g/mol. The first-order valence-electron chi connectivity index (χ1n) is 9.57. The lowest BCUT2D eigenvalue weighted by atomic mass is 10.0. The van der Waals surface area contributed by atoms with E-state index in [9.17, 15) is 0 Å². The van der Waals surface area contributed by atoms with Crippen LogP contribution in [0.1, 0.15) is 25.7 Å². The highest BCUT2D eigenvalue weighted by molar-refractivity contribution is 4.73. The fourth-order valence-electron chi connectivity index (χ4n) is 3.28. The Hall–Kier alpha value is -0.240. The van der Waals surface area contributed by atoms with E-state index >= 15 is 0 Å². The maximum atomic E-state index is 3.65. The van der Waals surface area contributed by atoms with E-state index in [0.29, 0.717) is 0 Å². The number of nitrogens with zero attached hydrogens (tertiary/aromatic N) is 5. The molecule has 144 valence electrons. The maximum Gasteiger partial charge on any atom is 0.0185 e. The molecule has 6 nitrogen and oxygen atoms in total. The molecule has 1 N–H and O–H groups in total. The second-order valence-electron chi connectivity index (χ2n) is 8.12. The first-order chi connectivity index (χ1) is 11.4. The van der Waals surface area contributed by atoms with Gasteiger partial charge in [-0.3, -0.25) is 0 Å². The first-order valence-corrected chi connectivity index (χ1v) is 9.57. The highest BCUT2D eigenvalue weighted by Gasteiger charge is 2.24. The summed E-state index contributed by atoms with van der Waals surface area (Å²) in [6, 6.07) is 0. The molecule has 1 saturated heterocycles. The van der Waals surface area contributed by atoms with Gasteiger partial charge in [-0.2, -0.15) is 5.53 Å². The van der Waals surface area contributed by atoms with Gasteiger partial charge in [-0.15, -0.1) is 0 Å². The molecule has 24 heavy (non-hydrogen) atoms. The van der Waals surface area contributed by atoms with Crippen molar-refractivity contribution in [2.45, 2.75) is 25.7 Å². The van der Waals surface area contributed by atoms with E-state index in [1.165, 1.54) is 45.3 Å². The van der Waals surface area contributed by atoms with Gasteiger partial charge in [-0.05, 0) is 93.5 Å². The van der Waals surface area contributed by atoms with E-state index < -0.39 is 0 Å². The molecule has 1 aliphatic rings. The van der Waals surface area contributed by atoms with Gasteiger partial charge >= 0.3 is 0 Å². The number of hydrogen-bond donors (Lipinski definition) is 1. The summed E-state index contributed by atoms with van der Waals surface area (Å²) >= 11 is 0. The van der Waals surface area contributed by atoms with Crippen LogP contribution >= 0.6 is 0 Å². The van der Waals surface area contributed by atoms with Crippen LogP contribution in [0, 0.1) is 5.92 Å². The Morgan fingerprint density at radius 2 is 1.12 bits per heavy atom. The molecule has 0 saturated carbocycles. The van der Waals surface area contributed by atoms with E-state index in [-0.39, 0.29) is 0 Å². The van der Waals surface area contributed by atoms with E-state index in [4.69, 9.17) is 0 Å². The molecule has 0 atom stereocenters. The largest absolute Gasteiger partial charge is 0.309 e. The van der Waals surface area contributed by atoms with Crippen LogP contribution in [0.2, 0.25) is 0 Å². The van der Waals surface area contributed by atoms with Crippen LogP contribution in [0.5, 0.6) is 0 Å². The van der Waals surface area contributed by atoms with Crippen molar-refractivity contribution in [1.29, 1.82) is 0 Å². The summed E-state index contributed by atoms with van der Waals surface area (Å²) in [7, 11) is 13.0. The van der Waals surface area contributed by atoms with Crippen molar-refractivity contribution in [1.82, 2.24) is 30.3 Å². The van der Waals surface area contributed by atoms with Gasteiger partial charge in [0.2, 0.25) is 0 Å². The molecular formula is C18H42N6. The van der Waals surface area contributed by atoms with Gasteiger partial charge in [0.25, 0.3) is 0 Å². The Morgan fingerprint density at radius 3 is 1.54 bits per heavy atom. The minimum absolute atomic E-state index is 0.782. The Balaban J connectivity index is 2.41. The fourth-order valence-corrected chi connectivity index (χ4v) is 3.28. The summed E-state index contributed by atoms with van der Waals surface area (Å²) < 4.78 is 0. The lowest BCUT2D eigenvalue weighted by Crippen LogP contribution is -2.59. The third-order valence-electron chi connectivity index (χ3n) is 4.52. The third-order valence-corrected chi connectivity index (χ3v) is 4.52. The highest BCUT2D eigenvalue weighted by atomic mass is 15.8. The van der Waals surface area contributed by atoms with Crippen LogP contribution in [-0.4, -0.2) is 113 Å². The zero-order valence-corrected chi connectivity index (χ0v) is 17.1. The van der Waals surface area contributed by atoms with Crippen molar-refractivity contribution in [2.24, 2.45) is 5.92 Å². The molecule has 6 heteroatoms. The summed E-state index contributed by atoms with van der Waals surface area (Å²) in [5.74, 6) is 0.782. The summed E-state index contributed by atoms with van der Waals surface area (Å²) in [6.45, 7) is 8.15. The second kappa shape index (κ2) is 12.2. The van der Waals surface area contributed by atoms with Crippen molar-refractivity contribution in [3.8, 4) is 0 Å². The van der Waals surface area contributed by atoms with E-state index in [1.807, 2.05) is 0 Å². The van der Waals surface area contributed by atoms with Crippen molar-refractivity contribution < 1.29 is 0 Å². The molecule has 1 heterocycles. The molecule has 0 aromatic carbocycles. The van der Waals surface area contributed by atoms with Gasteiger partial charge in [0, 0.05) is 26.2 Å². The Bertz CT molecular complexity index is 254. The van der Waals surface area contributed by atoms with Crippen LogP contribution < -0.4 is 5.53 Å². The van der Waals surface area contributed by atoms with E-state index in [1.54, 1.807) is 0 Å². The van der Waals surface area contributed by atoms with Crippen molar-refractivity contribution >= 4 is 0 Å². The molecule has 0 amide bonds. The van der Waals surface area contributed by atoms with Gasteiger partial charge in [0.15, 0.2) is 0 Å². The molecule has 0 aliphatic carbocycles. The van der Waals surface area contributed by atoms with E-state index in [0.717, 1.165) is 32.1 Å². The van der Waals surface area contributed by atoms with Crippen molar-refractivity contribution in [2.75, 3.05) is 88.1 Å². The Morgan fingerprint density at radius 1 is 0.708 bits per heavy atom. The first kappa shape index (κ1) is 21.8. The van der Waals surface area contributed by atoms with Crippen LogP contribution in [-0.2, 0) is 0 Å². The van der Waals surface area contributed by atoms with Crippen molar-refractivity contribution in [3.63, 3.8) is 0 Å². The monoisotopic (exact) mass is 342 g/mol. The van der Waals surface area contributed by atoms with Crippen LogP contribution in [0.4, 0.5) is 0 Å². The summed E-state index contributed by atoms with van der Waals surface area (Å²) in [5.41, 5.74) is 3.65. The molecule has 1 fully saturated rings. The number of hydrazine groups is 2. The Kier molecular flexibility index (Phi) is 11.1. The van der Waals surface area contributed by atoms with Gasteiger partial charge < -0.3 is 14.7 Å². The van der Waals surface area contributed by atoms with Gasteiger partial charge in [-0.25, -0.2) is 10.0 Å². The molecule has 0 bridgehead atoms. The molecular weight excluding hydrogens is 300 g/mol. The standard InChI is InChI=1S/C18H42N6/c1-20(2)11-7-10-18-16-23(14-8-12-21(3)4)19-24(17-18)15-9-13-22(5)6/h18-19H,7-17H2,1-6H3. The van der Waals surface area contributed by atoms with Gasteiger partial charge in [0.05, 0.1) is 0 Å². The minimum Gasteiger partial charge on any atom is -0.309 e. The predicted octanol–water partition coefficient (Wildman–Crippen LogP) is 0.885. The maximum absolute atomic E-state index is 3.65. The average Bonchev–Trinajstić information content (AvgIpc) is 2.46. The molecule has 1 aliphatic heterocycles. The zero-order valence-electron chi connectivity index (χ0n) is 17.1. The summed E-state index contributed by atoms with van der Waals surface area (Å²) in [6.07, 6.45) is 5.06. The predicted molar refractivity (Wildman–Crippen MR) is 104 cm³/mol. The molecule has 0 aromatic rings. The van der Waals surface area contributed by atoms with Gasteiger partial charge in [0.1, 0.15) is 0 Å². The molecule has 0 unspecified atom stereocenters. The van der Waals surface area contributed by atoms with Crippen LogP contribution in [0.3, 0.4) is 0 Å². The number of hydrogen-bond acceptors (Lipinski definition) is 6. The van der Waals surface area contributed by atoms with Crippen molar-refractivity contribution in [3.05, 3.63) is 0 Å². The molecule has 0 radical (unpaired) electrons. The molecule has 0 aromatic heterocycles.